The summed E-state index contributed by atoms with van der Waals surface area (Å²) in [6.45, 7) is 4.01. The molecule has 2 aliphatic heterocycles. The average Bonchev–Trinajstić information content (AvgIpc) is 3.25. The molecule has 0 saturated carbocycles. The van der Waals surface area contributed by atoms with Crippen molar-refractivity contribution in [2.45, 2.75) is 184 Å². The van der Waals surface area contributed by atoms with E-state index in [1.54, 1.807) is 0 Å². The fourth-order valence-electron chi connectivity index (χ4n) is 5.84. The van der Waals surface area contributed by atoms with Crippen molar-refractivity contribution in [2.75, 3.05) is 26.4 Å². The Kier molecular flexibility index (Phi) is 46.4. The monoisotopic (exact) mass is 1020 g/mol. The molecular weight excluding hydrogens is 943 g/mol. The molecule has 23 nitrogen and oxygen atoms in total. The van der Waals surface area contributed by atoms with Crippen molar-refractivity contribution in [3.05, 3.63) is 37.3 Å². The maximum absolute atomic E-state index is 11.3. The number of unbranched alkanes of at least 4 members (excludes halogenated alkanes) is 12. The Bertz CT molecular complexity index is 1360. The average molecular weight is 1020 g/mol. The number of aliphatic hydroxyl groups is 11. The van der Waals surface area contributed by atoms with Gasteiger partial charge in [0, 0.05) is 6.42 Å². The van der Waals surface area contributed by atoms with Crippen LogP contribution in [0.4, 0.5) is 0 Å². The molecule has 3 rings (SSSR count). The number of aromatic carboxylic acids is 1. The summed E-state index contributed by atoms with van der Waals surface area (Å²) in [5.74, 6) is -0.946. The molecule has 0 spiro atoms. The largest absolute Gasteiger partial charge is 1.00 e. The number of phenolic OH excluding ortho intramolecular Hbond substituents is 1. The minimum absolute atomic E-state index is 0. The fourth-order valence-corrected chi connectivity index (χ4v) is 5.84. The number of aromatic hydroxyl groups is 1. The molecule has 392 valence electrons. The quantitative estimate of drug-likeness (QED) is 0.0181. The van der Waals surface area contributed by atoms with E-state index in [2.05, 4.69) is 6.92 Å². The van der Waals surface area contributed by atoms with E-state index in [0.29, 0.717) is 6.42 Å². The SMILES string of the molecule is CCCCCCCCCCCCCCCC(=O)OC(C)C.O=C(O)c1ccc(O)cc1.O=P(O)(O)O.OCC(O)CO.OC[C@H]1O[C@@H](O[C@H]2[C@H](O)[C@@H](O)[C@@H](O)O[C@@H]2CO)[C@H](O)[C@@H](O)[C@H]1O.[CH3-].[K+]. The molecule has 0 aliphatic carbocycles. The van der Waals surface area contributed by atoms with Crippen molar-refractivity contribution < 1.29 is 166 Å². The van der Waals surface area contributed by atoms with Crippen molar-refractivity contribution in [2.24, 2.45) is 0 Å². The van der Waals surface area contributed by atoms with Crippen LogP contribution >= 0.6 is 7.82 Å². The molecule has 2 fully saturated rings. The second-order valence-corrected chi connectivity index (χ2v) is 16.5. The Hall–Kier alpha value is -0.854. The predicted octanol–water partition coefficient (Wildman–Crippen LogP) is -3.03. The molecule has 16 N–H and O–H groups in total. The summed E-state index contributed by atoms with van der Waals surface area (Å²) < 4.78 is 29.3. The van der Waals surface area contributed by atoms with E-state index >= 15 is 0 Å². The predicted molar refractivity (Wildman–Crippen MR) is 236 cm³/mol. The van der Waals surface area contributed by atoms with Crippen LogP contribution in [0.25, 0.3) is 0 Å². The van der Waals surface area contributed by atoms with Crippen molar-refractivity contribution in [3.63, 3.8) is 0 Å². The molecule has 2 heterocycles. The Labute approximate surface area is 436 Å². The van der Waals surface area contributed by atoms with E-state index in [4.69, 9.17) is 68.8 Å². The number of rotatable bonds is 22. The third-order valence-corrected chi connectivity index (χ3v) is 9.37. The van der Waals surface area contributed by atoms with Crippen LogP contribution in [0.5, 0.6) is 5.75 Å². The molecule has 0 radical (unpaired) electrons. The van der Waals surface area contributed by atoms with Crippen LogP contribution in [0.2, 0.25) is 0 Å². The van der Waals surface area contributed by atoms with E-state index in [0.717, 1.165) is 6.42 Å². The van der Waals surface area contributed by atoms with Gasteiger partial charge in [0.1, 0.15) is 60.7 Å². The third-order valence-electron chi connectivity index (χ3n) is 9.37. The smallest absolute Gasteiger partial charge is 0.508 e. The van der Waals surface area contributed by atoms with Gasteiger partial charge in [0.05, 0.1) is 38.1 Å². The zero-order valence-electron chi connectivity index (χ0n) is 39.4. The summed E-state index contributed by atoms with van der Waals surface area (Å²) in [5.41, 5.74) is 0.179. The maximum Gasteiger partial charge on any atom is 1.00 e. The van der Waals surface area contributed by atoms with Gasteiger partial charge in [0.2, 0.25) is 0 Å². The number of carboxylic acids is 1. The molecule has 0 bridgehead atoms. The first-order valence-corrected chi connectivity index (χ1v) is 23.2. The van der Waals surface area contributed by atoms with Crippen LogP contribution in [0.3, 0.4) is 0 Å². The molecule has 67 heavy (non-hydrogen) atoms. The van der Waals surface area contributed by atoms with E-state index in [-0.39, 0.29) is 95.4 Å². The number of phosphoric acid groups is 1. The van der Waals surface area contributed by atoms with Crippen LogP contribution in [0, 0.1) is 7.43 Å². The second-order valence-electron chi connectivity index (χ2n) is 15.4. The van der Waals surface area contributed by atoms with Crippen molar-refractivity contribution in [3.8, 4) is 5.75 Å². The number of hydrogen-bond donors (Lipinski definition) is 16. The molecule has 25 heteroatoms. The van der Waals surface area contributed by atoms with E-state index in [9.17, 15) is 45.3 Å². The Morgan fingerprint density at radius 3 is 1.48 bits per heavy atom. The standard InChI is InChI=1S/C19H38O2.C12H22O11.C7H6O3.C3H8O3.CH3.K.H3O4P/c1-4-5-6-7-8-9-10-11-12-13-14-15-16-17-19(20)21-18(2)3;13-1-3-5(15)6(16)9(19)12(22-3)23-10-4(2-14)21-11(20)8(18)7(10)17;8-6-3-1-5(2-4-6)7(9)10;4-1-3(6)2-5;;;1-5(2,3)4/h18H,4-17H2,1-3H3;3-20H,1-2H2;1-4,8H,(H,9,10);3-6H,1-2H2;1H3;;(H3,1,2,3,4)/q;;;;-1;+1;/t;3-,4-,5+,6+,7-,8-,9-,10-,11+,12+;;;;;/m.1...../s1. The van der Waals surface area contributed by atoms with Gasteiger partial charge in [0.25, 0.3) is 0 Å². The van der Waals surface area contributed by atoms with E-state index < -0.39 is 94.5 Å². The van der Waals surface area contributed by atoms with Crippen molar-refractivity contribution >= 4 is 19.8 Å². The van der Waals surface area contributed by atoms with Crippen LogP contribution in [0.15, 0.2) is 24.3 Å². The van der Waals surface area contributed by atoms with Gasteiger partial charge in [-0.3, -0.25) is 4.79 Å². The van der Waals surface area contributed by atoms with Gasteiger partial charge in [0.15, 0.2) is 12.6 Å². The van der Waals surface area contributed by atoms with E-state index in [1.807, 2.05) is 13.8 Å². The normalized spacial score (nSPS) is 24.3. The van der Waals surface area contributed by atoms with Gasteiger partial charge in [-0.05, 0) is 44.5 Å². The molecule has 0 amide bonds. The van der Waals surface area contributed by atoms with Crippen LogP contribution in [-0.2, 0) is 28.3 Å². The number of aliphatic hydroxyl groups excluding tert-OH is 11. The van der Waals surface area contributed by atoms with Gasteiger partial charge in [-0.25, -0.2) is 9.36 Å². The van der Waals surface area contributed by atoms with Crippen LogP contribution in [0.1, 0.15) is 121 Å². The van der Waals surface area contributed by atoms with Gasteiger partial charge in [-0.2, -0.15) is 0 Å². The second kappa shape index (κ2) is 42.8. The number of phenols is 1. The van der Waals surface area contributed by atoms with Crippen molar-refractivity contribution in [1.82, 2.24) is 0 Å². The first-order chi connectivity index (χ1) is 30.5. The number of ether oxygens (including phenoxy) is 4. The summed E-state index contributed by atoms with van der Waals surface area (Å²) >= 11 is 0. The first-order valence-electron chi connectivity index (χ1n) is 21.7. The molecule has 10 atom stereocenters. The summed E-state index contributed by atoms with van der Waals surface area (Å²) in [6.07, 6.45) is 1.48. The Morgan fingerprint density at radius 2 is 1.10 bits per heavy atom. The topological polar surface area (TPSA) is 412 Å². The summed E-state index contributed by atoms with van der Waals surface area (Å²) in [6, 6.07) is 5.36. The fraction of sp³-hybridized carbons (Fsp3) is 0.786. The van der Waals surface area contributed by atoms with Crippen LogP contribution < -0.4 is 51.4 Å². The third kappa shape index (κ3) is 36.7. The summed E-state index contributed by atoms with van der Waals surface area (Å²) in [7, 11) is -4.64. The number of benzene rings is 1. The summed E-state index contributed by atoms with van der Waals surface area (Å²) in [4.78, 5) is 43.1. The molecule has 0 unspecified atom stereocenters. The van der Waals surface area contributed by atoms with Gasteiger partial charge >= 0.3 is 71.1 Å². The molecule has 1 aromatic carbocycles. The number of carboxylic acid groups (broad SMARTS) is 1. The van der Waals surface area contributed by atoms with Crippen molar-refractivity contribution in [1.29, 1.82) is 0 Å². The first kappa shape index (κ1) is 72.7. The molecule has 2 saturated heterocycles. The number of hydrogen-bond acceptors (Lipinski definition) is 19. The minimum Gasteiger partial charge on any atom is -0.508 e. The van der Waals surface area contributed by atoms with Gasteiger partial charge in [-0.15, -0.1) is 0 Å². The minimum atomic E-state index is -4.64. The number of carbonyl (C=O) groups is 2. The molecule has 0 aromatic heterocycles. The molecular formula is C42H80KO23P. The summed E-state index contributed by atoms with van der Waals surface area (Å²) in [5, 5.41) is 118. The van der Waals surface area contributed by atoms with Gasteiger partial charge in [-0.1, -0.05) is 84.0 Å². The number of carbonyl (C=O) groups excluding carboxylic acids is 1. The maximum atomic E-state index is 11.3. The molecule has 1 aromatic rings. The zero-order chi connectivity index (χ0) is 50.1. The van der Waals surface area contributed by atoms with Crippen LogP contribution in [-0.4, -0.2) is 193 Å². The zero-order valence-corrected chi connectivity index (χ0v) is 43.4. The number of esters is 1. The Balaban J connectivity index is -0.000000410. The molecule has 2 aliphatic rings. The van der Waals surface area contributed by atoms with E-state index in [1.165, 1.54) is 101 Å². The van der Waals surface area contributed by atoms with Gasteiger partial charge < -0.3 is 107 Å². The Morgan fingerprint density at radius 1 is 0.672 bits per heavy atom.